The molecule has 146 valence electrons. The topological polar surface area (TPSA) is 72.2 Å². The smallest absolute Gasteiger partial charge is 0.345 e. The van der Waals surface area contributed by atoms with Gasteiger partial charge in [0.15, 0.2) is 0 Å². The van der Waals surface area contributed by atoms with Crippen molar-refractivity contribution >= 4 is 5.91 Å². The lowest BCUT2D eigenvalue weighted by molar-refractivity contribution is 0.0932. The molecular formula is C19H26FN5O2. The van der Waals surface area contributed by atoms with Crippen LogP contribution in [0.5, 0.6) is 0 Å². The summed E-state index contributed by atoms with van der Waals surface area (Å²) in [5.74, 6) is 0.0575. The Labute approximate surface area is 157 Å². The van der Waals surface area contributed by atoms with Gasteiger partial charge in [-0.1, -0.05) is 0 Å². The largest absolute Gasteiger partial charge is 0.349 e. The number of benzene rings is 1. The molecule has 1 atom stereocenters. The van der Waals surface area contributed by atoms with Crippen LogP contribution in [0, 0.1) is 12.7 Å². The highest BCUT2D eigenvalue weighted by atomic mass is 19.1. The van der Waals surface area contributed by atoms with Crippen molar-refractivity contribution in [2.75, 3.05) is 20.6 Å². The number of hydrogen-bond donors (Lipinski definition) is 1. The maximum absolute atomic E-state index is 13.5. The molecule has 0 bridgehead atoms. The third kappa shape index (κ3) is 4.63. The summed E-state index contributed by atoms with van der Waals surface area (Å²) in [7, 11) is 3.92. The lowest BCUT2D eigenvalue weighted by Crippen LogP contribution is -2.36. The molecule has 0 saturated heterocycles. The minimum Gasteiger partial charge on any atom is -0.349 e. The second kappa shape index (κ2) is 8.04. The fourth-order valence-electron chi connectivity index (χ4n) is 3.35. The fraction of sp³-hybridized carbons (Fsp3) is 0.526. The second-order valence-electron chi connectivity index (χ2n) is 7.39. The summed E-state index contributed by atoms with van der Waals surface area (Å²) in [4.78, 5) is 27.0. The number of likely N-dealkylation sites (N-methyl/N-ethyl adjacent to an activating group) is 1. The van der Waals surface area contributed by atoms with E-state index in [4.69, 9.17) is 0 Å². The molecule has 0 radical (unpaired) electrons. The van der Waals surface area contributed by atoms with E-state index in [1.54, 1.807) is 17.6 Å². The summed E-state index contributed by atoms with van der Waals surface area (Å²) in [6, 6.07) is 4.23. The normalized spacial score (nSPS) is 16.9. The number of amides is 1. The number of hydrogen-bond acceptors (Lipinski definition) is 4. The molecule has 27 heavy (non-hydrogen) atoms. The molecule has 0 aliphatic carbocycles. The number of halogens is 1. The summed E-state index contributed by atoms with van der Waals surface area (Å²) < 4.78 is 16.8. The Morgan fingerprint density at radius 2 is 2.11 bits per heavy atom. The Balaban J connectivity index is 1.65. The van der Waals surface area contributed by atoms with Gasteiger partial charge in [-0.2, -0.15) is 5.10 Å². The van der Waals surface area contributed by atoms with Gasteiger partial charge in [0.2, 0.25) is 0 Å². The molecule has 1 amide bonds. The van der Waals surface area contributed by atoms with Crippen molar-refractivity contribution in [1.29, 1.82) is 0 Å². The number of carbonyl (C=O) groups excluding carboxylic acids is 1. The van der Waals surface area contributed by atoms with E-state index in [1.807, 2.05) is 19.0 Å². The average Bonchev–Trinajstić information content (AvgIpc) is 2.76. The van der Waals surface area contributed by atoms with Crippen LogP contribution in [0.3, 0.4) is 0 Å². The van der Waals surface area contributed by atoms with Crippen LogP contribution in [0.4, 0.5) is 4.39 Å². The van der Waals surface area contributed by atoms with Gasteiger partial charge in [-0.05, 0) is 57.6 Å². The third-order valence-corrected chi connectivity index (χ3v) is 4.82. The van der Waals surface area contributed by atoms with E-state index < -0.39 is 5.82 Å². The first-order valence-corrected chi connectivity index (χ1v) is 9.23. The Hall–Kier alpha value is -2.48. The zero-order valence-electron chi connectivity index (χ0n) is 16.0. The summed E-state index contributed by atoms with van der Waals surface area (Å²) >= 11 is 0. The monoisotopic (exact) mass is 375 g/mol. The van der Waals surface area contributed by atoms with E-state index in [1.165, 1.54) is 16.8 Å². The molecule has 1 aliphatic heterocycles. The van der Waals surface area contributed by atoms with Gasteiger partial charge in [0, 0.05) is 31.1 Å². The second-order valence-corrected chi connectivity index (χ2v) is 7.39. The fourth-order valence-corrected chi connectivity index (χ4v) is 3.35. The lowest BCUT2D eigenvalue weighted by atomic mass is 10.1. The van der Waals surface area contributed by atoms with Crippen molar-refractivity contribution in [3.63, 3.8) is 0 Å². The van der Waals surface area contributed by atoms with Crippen LogP contribution in [0.1, 0.15) is 34.6 Å². The van der Waals surface area contributed by atoms with Crippen LogP contribution in [-0.4, -0.2) is 51.8 Å². The van der Waals surface area contributed by atoms with E-state index in [9.17, 15) is 14.0 Å². The summed E-state index contributed by atoms with van der Waals surface area (Å²) in [5, 5.41) is 7.42. The molecule has 2 aromatic rings. The van der Waals surface area contributed by atoms with Gasteiger partial charge in [-0.15, -0.1) is 0 Å². The molecule has 1 aromatic heterocycles. The molecule has 0 spiro atoms. The number of rotatable bonds is 5. The number of nitrogens with zero attached hydrogens (tertiary/aromatic N) is 4. The quantitative estimate of drug-likeness (QED) is 0.852. The predicted octanol–water partition coefficient (Wildman–Crippen LogP) is 1.19. The molecule has 8 heteroatoms. The molecule has 1 aliphatic rings. The molecule has 1 N–H and O–H groups in total. The van der Waals surface area contributed by atoms with Crippen molar-refractivity contribution in [1.82, 2.24) is 24.6 Å². The summed E-state index contributed by atoms with van der Waals surface area (Å²) in [5.41, 5.74) is 0.930. The highest BCUT2D eigenvalue weighted by Crippen LogP contribution is 2.14. The average molecular weight is 375 g/mol. The molecule has 7 nitrogen and oxygen atoms in total. The van der Waals surface area contributed by atoms with Gasteiger partial charge in [0.1, 0.15) is 11.6 Å². The van der Waals surface area contributed by atoms with Crippen LogP contribution < -0.4 is 11.0 Å². The van der Waals surface area contributed by atoms with E-state index >= 15 is 0 Å². The minimum atomic E-state index is -0.417. The Kier molecular flexibility index (Phi) is 5.74. The molecule has 0 saturated carbocycles. The Morgan fingerprint density at radius 3 is 2.81 bits per heavy atom. The standard InChI is InChI=1S/C19H26FN5O2/c1-13-10-14(12-15(20)11-13)18(26)21-16-4-5-17-22-25(9-8-23(2)3)19(27)24(17)7-6-16/h10-12,16H,4-9H2,1-3H3,(H,21,26). The third-order valence-electron chi connectivity index (χ3n) is 4.82. The SMILES string of the molecule is Cc1cc(F)cc(C(=O)NC2CCc3nn(CCN(C)C)c(=O)n3CC2)c1. The van der Waals surface area contributed by atoms with E-state index in [2.05, 4.69) is 10.4 Å². The van der Waals surface area contributed by atoms with Gasteiger partial charge >= 0.3 is 5.69 Å². The number of carbonyl (C=O) groups is 1. The van der Waals surface area contributed by atoms with Gasteiger partial charge in [-0.3, -0.25) is 9.36 Å². The van der Waals surface area contributed by atoms with Gasteiger partial charge in [-0.25, -0.2) is 13.9 Å². The first kappa shape index (κ1) is 19.3. The molecule has 1 unspecified atom stereocenters. The highest BCUT2D eigenvalue weighted by Gasteiger charge is 2.22. The van der Waals surface area contributed by atoms with E-state index in [0.29, 0.717) is 43.5 Å². The van der Waals surface area contributed by atoms with Crippen molar-refractivity contribution in [2.24, 2.45) is 0 Å². The summed E-state index contributed by atoms with van der Waals surface area (Å²) in [6.07, 6.45) is 1.97. The van der Waals surface area contributed by atoms with Crippen molar-refractivity contribution in [3.8, 4) is 0 Å². The number of nitrogens with one attached hydrogen (secondary N) is 1. The van der Waals surface area contributed by atoms with Gasteiger partial charge < -0.3 is 10.2 Å². The van der Waals surface area contributed by atoms with Crippen LogP contribution >= 0.6 is 0 Å². The summed E-state index contributed by atoms with van der Waals surface area (Å²) in [6.45, 7) is 3.59. The van der Waals surface area contributed by atoms with Crippen LogP contribution in [0.2, 0.25) is 0 Å². The molecule has 0 fully saturated rings. The van der Waals surface area contributed by atoms with Gasteiger partial charge in [0.25, 0.3) is 5.91 Å². The number of fused-ring (bicyclic) bond motifs is 1. The Morgan fingerprint density at radius 1 is 1.33 bits per heavy atom. The van der Waals surface area contributed by atoms with Crippen molar-refractivity contribution in [2.45, 2.75) is 45.3 Å². The zero-order chi connectivity index (χ0) is 19.6. The first-order valence-electron chi connectivity index (χ1n) is 9.23. The van der Waals surface area contributed by atoms with Crippen LogP contribution in [0.15, 0.2) is 23.0 Å². The molecule has 1 aromatic carbocycles. The van der Waals surface area contributed by atoms with Crippen LogP contribution in [-0.2, 0) is 19.5 Å². The van der Waals surface area contributed by atoms with Crippen LogP contribution in [0.25, 0.3) is 0 Å². The molecular weight excluding hydrogens is 349 g/mol. The maximum atomic E-state index is 13.5. The van der Waals surface area contributed by atoms with E-state index in [0.717, 1.165) is 12.4 Å². The predicted molar refractivity (Wildman–Crippen MR) is 100 cm³/mol. The number of aryl methyl sites for hydroxylation is 2. The van der Waals surface area contributed by atoms with E-state index in [-0.39, 0.29) is 17.6 Å². The van der Waals surface area contributed by atoms with Crippen molar-refractivity contribution in [3.05, 3.63) is 51.5 Å². The lowest BCUT2D eigenvalue weighted by Gasteiger charge is -2.16. The first-order chi connectivity index (χ1) is 12.8. The Bertz CT molecular complexity index is 866. The molecule has 3 rings (SSSR count). The maximum Gasteiger partial charge on any atom is 0.345 e. The minimum absolute atomic E-state index is 0.0719. The van der Waals surface area contributed by atoms with Gasteiger partial charge in [0.05, 0.1) is 6.54 Å². The highest BCUT2D eigenvalue weighted by molar-refractivity contribution is 5.94. The van der Waals surface area contributed by atoms with Crippen molar-refractivity contribution < 1.29 is 9.18 Å². The zero-order valence-corrected chi connectivity index (χ0v) is 16.0. The number of aromatic nitrogens is 3. The molecule has 2 heterocycles.